The van der Waals surface area contributed by atoms with Crippen LogP contribution in [0, 0.1) is 37.0 Å². The maximum Gasteiger partial charge on any atom is 0.222 e. The minimum atomic E-state index is -0.647. The number of piperidine rings is 1. The van der Waals surface area contributed by atoms with E-state index in [1.165, 1.54) is 25.7 Å². The Morgan fingerprint density at radius 2 is 1.59 bits per heavy atom. The van der Waals surface area contributed by atoms with Gasteiger partial charge in [0.15, 0.2) is 0 Å². The molecule has 170 valence electrons. The molecule has 3 aliphatic rings. The zero-order chi connectivity index (χ0) is 22.9. The third-order valence-corrected chi connectivity index (χ3v) is 8.01. The molecule has 2 aliphatic carbocycles. The highest BCUT2D eigenvalue weighted by atomic mass is 16.2. The second-order valence-electron chi connectivity index (χ2n) is 10.4. The standard InChI is InChI=1S/C28H35NO3/c1-4-7-22-14-19(2)26(20(3)15-22)27-23(30)17-28(18-24(27)31)10-12-29(13-11-28)25(32)16-21-8-5-6-9-21/h14-15,21,27H,5-6,8-13,16-18H2,1-3H3. The van der Waals surface area contributed by atoms with Crippen molar-refractivity contribution in [3.8, 4) is 11.8 Å². The molecule has 3 fully saturated rings. The molecule has 0 atom stereocenters. The van der Waals surface area contributed by atoms with E-state index in [4.69, 9.17) is 0 Å². The van der Waals surface area contributed by atoms with Crippen LogP contribution in [0.4, 0.5) is 0 Å². The maximum atomic E-state index is 13.3. The number of hydrogen-bond donors (Lipinski definition) is 0. The van der Waals surface area contributed by atoms with Crippen LogP contribution >= 0.6 is 0 Å². The van der Waals surface area contributed by atoms with E-state index in [9.17, 15) is 14.4 Å². The van der Waals surface area contributed by atoms with E-state index in [2.05, 4.69) is 11.8 Å². The average Bonchev–Trinajstić information content (AvgIpc) is 3.23. The molecule has 32 heavy (non-hydrogen) atoms. The molecule has 2 saturated carbocycles. The molecule has 0 unspecified atom stereocenters. The fourth-order valence-corrected chi connectivity index (χ4v) is 6.33. The topological polar surface area (TPSA) is 54.5 Å². The van der Waals surface area contributed by atoms with Gasteiger partial charge in [-0.15, -0.1) is 5.92 Å². The first-order chi connectivity index (χ1) is 15.3. The predicted molar refractivity (Wildman–Crippen MR) is 125 cm³/mol. The number of ketones is 2. The van der Waals surface area contributed by atoms with Gasteiger partial charge in [-0.1, -0.05) is 18.8 Å². The van der Waals surface area contributed by atoms with Gasteiger partial charge in [-0.05, 0) is 86.6 Å². The van der Waals surface area contributed by atoms with Gasteiger partial charge in [0.2, 0.25) is 5.91 Å². The molecule has 1 saturated heterocycles. The SMILES string of the molecule is CC#Cc1cc(C)c(C2C(=O)CC3(CCN(C(=O)CC4CCCC4)CC3)CC2=O)c(C)c1. The average molecular weight is 434 g/mol. The number of rotatable bonds is 3. The molecule has 1 aromatic carbocycles. The molecule has 1 spiro atoms. The smallest absolute Gasteiger partial charge is 0.222 e. The summed E-state index contributed by atoms with van der Waals surface area (Å²) >= 11 is 0. The van der Waals surface area contributed by atoms with E-state index >= 15 is 0 Å². The van der Waals surface area contributed by atoms with Crippen molar-refractivity contribution in [2.75, 3.05) is 13.1 Å². The summed E-state index contributed by atoms with van der Waals surface area (Å²) in [7, 11) is 0. The summed E-state index contributed by atoms with van der Waals surface area (Å²) in [5, 5.41) is 0. The lowest BCUT2D eigenvalue weighted by Gasteiger charge is -2.45. The molecular formula is C28H35NO3. The molecule has 0 radical (unpaired) electrons. The second kappa shape index (κ2) is 9.22. The van der Waals surface area contributed by atoms with E-state index in [1.54, 1.807) is 6.92 Å². The summed E-state index contributed by atoms with van der Waals surface area (Å²) < 4.78 is 0. The highest BCUT2D eigenvalue weighted by Crippen LogP contribution is 2.47. The number of amides is 1. The lowest BCUT2D eigenvalue weighted by molar-refractivity contribution is -0.140. The van der Waals surface area contributed by atoms with Crippen molar-refractivity contribution >= 4 is 17.5 Å². The zero-order valence-corrected chi connectivity index (χ0v) is 19.8. The number of benzene rings is 1. The molecule has 4 rings (SSSR count). The van der Waals surface area contributed by atoms with Gasteiger partial charge in [0.1, 0.15) is 17.5 Å². The minimum Gasteiger partial charge on any atom is -0.343 e. The first-order valence-corrected chi connectivity index (χ1v) is 12.2. The Bertz CT molecular complexity index is 939. The Morgan fingerprint density at radius 1 is 1.03 bits per heavy atom. The van der Waals surface area contributed by atoms with Crippen LogP contribution in [-0.4, -0.2) is 35.5 Å². The lowest BCUT2D eigenvalue weighted by atomic mass is 9.62. The van der Waals surface area contributed by atoms with Crippen molar-refractivity contribution in [1.29, 1.82) is 0 Å². The largest absolute Gasteiger partial charge is 0.343 e. The number of aryl methyl sites for hydroxylation is 2. The van der Waals surface area contributed by atoms with Crippen molar-refractivity contribution in [2.24, 2.45) is 11.3 Å². The highest BCUT2D eigenvalue weighted by molar-refractivity contribution is 6.10. The normalized spacial score (nSPS) is 21.7. The second-order valence-corrected chi connectivity index (χ2v) is 10.4. The number of carbonyl (C=O) groups is 3. The molecule has 0 aromatic heterocycles. The van der Waals surface area contributed by atoms with Crippen molar-refractivity contribution in [3.63, 3.8) is 0 Å². The van der Waals surface area contributed by atoms with Crippen molar-refractivity contribution in [2.45, 2.75) is 84.5 Å². The third kappa shape index (κ3) is 4.53. The molecule has 4 heteroatoms. The summed E-state index contributed by atoms with van der Waals surface area (Å²) in [5.74, 6) is 6.25. The maximum absolute atomic E-state index is 13.3. The van der Waals surface area contributed by atoms with Crippen molar-refractivity contribution < 1.29 is 14.4 Å². The number of carbonyl (C=O) groups excluding carboxylic acids is 3. The van der Waals surface area contributed by atoms with Crippen LogP contribution in [0.3, 0.4) is 0 Å². The summed E-state index contributed by atoms with van der Waals surface area (Å²) in [6.07, 6.45) is 7.95. The fourth-order valence-electron chi connectivity index (χ4n) is 6.33. The number of Topliss-reactive ketones (excluding diaryl/α,β-unsaturated/α-hetero) is 2. The van der Waals surface area contributed by atoms with Crippen LogP contribution in [-0.2, 0) is 14.4 Å². The van der Waals surface area contributed by atoms with Gasteiger partial charge < -0.3 is 4.90 Å². The molecule has 1 aromatic rings. The first kappa shape index (κ1) is 22.8. The van der Waals surface area contributed by atoms with E-state index in [0.717, 1.165) is 35.1 Å². The molecular weight excluding hydrogens is 398 g/mol. The van der Waals surface area contributed by atoms with Crippen molar-refractivity contribution in [1.82, 2.24) is 4.90 Å². The number of hydrogen-bond acceptors (Lipinski definition) is 3. The van der Waals surface area contributed by atoms with Gasteiger partial charge in [-0.25, -0.2) is 0 Å². The van der Waals surface area contributed by atoms with Crippen LogP contribution in [0.1, 0.15) is 92.9 Å². The molecule has 1 amide bonds. The summed E-state index contributed by atoms with van der Waals surface area (Å²) in [5.41, 5.74) is 3.48. The molecule has 0 bridgehead atoms. The van der Waals surface area contributed by atoms with Crippen LogP contribution in [0.15, 0.2) is 12.1 Å². The zero-order valence-electron chi connectivity index (χ0n) is 19.8. The lowest BCUT2D eigenvalue weighted by Crippen LogP contribution is -2.48. The van der Waals surface area contributed by atoms with Gasteiger partial charge in [-0.3, -0.25) is 14.4 Å². The number of nitrogens with zero attached hydrogens (tertiary/aromatic N) is 1. The fraction of sp³-hybridized carbons (Fsp3) is 0.607. The summed E-state index contributed by atoms with van der Waals surface area (Å²) in [4.78, 5) is 41.3. The number of likely N-dealkylation sites (tertiary alicyclic amines) is 1. The minimum absolute atomic E-state index is 0.0486. The Labute approximate surface area is 192 Å². The van der Waals surface area contributed by atoms with E-state index < -0.39 is 5.92 Å². The first-order valence-electron chi connectivity index (χ1n) is 12.2. The Morgan fingerprint density at radius 3 is 2.12 bits per heavy atom. The van der Waals surface area contributed by atoms with Gasteiger partial charge in [0.25, 0.3) is 0 Å². The molecule has 0 N–H and O–H groups in total. The van der Waals surface area contributed by atoms with E-state index in [0.29, 0.717) is 38.3 Å². The van der Waals surface area contributed by atoms with Gasteiger partial charge in [0, 0.05) is 37.9 Å². The monoisotopic (exact) mass is 433 g/mol. The van der Waals surface area contributed by atoms with Crippen LogP contribution in [0.5, 0.6) is 0 Å². The molecule has 1 aliphatic heterocycles. The van der Waals surface area contributed by atoms with Gasteiger partial charge in [-0.2, -0.15) is 0 Å². The summed E-state index contributed by atoms with van der Waals surface area (Å²) in [6.45, 7) is 7.11. The van der Waals surface area contributed by atoms with Gasteiger partial charge in [0.05, 0.1) is 0 Å². The summed E-state index contributed by atoms with van der Waals surface area (Å²) in [6, 6.07) is 3.97. The van der Waals surface area contributed by atoms with Crippen molar-refractivity contribution in [3.05, 3.63) is 34.4 Å². The molecule has 1 heterocycles. The van der Waals surface area contributed by atoms with Gasteiger partial charge >= 0.3 is 0 Å². The quantitative estimate of drug-likeness (QED) is 0.504. The van der Waals surface area contributed by atoms with Crippen LogP contribution < -0.4 is 0 Å². The Balaban J connectivity index is 1.43. The Hall–Kier alpha value is -2.41. The highest BCUT2D eigenvalue weighted by Gasteiger charge is 2.47. The Kier molecular flexibility index (Phi) is 6.56. The third-order valence-electron chi connectivity index (χ3n) is 8.01. The van der Waals surface area contributed by atoms with E-state index in [-0.39, 0.29) is 22.9 Å². The van der Waals surface area contributed by atoms with Crippen LogP contribution in [0.25, 0.3) is 0 Å². The van der Waals surface area contributed by atoms with Crippen LogP contribution in [0.2, 0.25) is 0 Å². The van der Waals surface area contributed by atoms with E-state index in [1.807, 2.05) is 30.9 Å². The molecule has 4 nitrogen and oxygen atoms in total. The predicted octanol–water partition coefficient (Wildman–Crippen LogP) is 4.88.